The molecule has 5 nitrogen and oxygen atoms in total. The van der Waals surface area contributed by atoms with Gasteiger partial charge in [0, 0.05) is 33.6 Å². The van der Waals surface area contributed by atoms with Gasteiger partial charge >= 0.3 is 0 Å². The van der Waals surface area contributed by atoms with Crippen LogP contribution in [0, 0.1) is 0 Å². The van der Waals surface area contributed by atoms with Crippen molar-refractivity contribution in [1.82, 2.24) is 15.1 Å². The van der Waals surface area contributed by atoms with Gasteiger partial charge in [0.05, 0.1) is 16.4 Å². The van der Waals surface area contributed by atoms with Crippen LogP contribution in [-0.2, 0) is 13.0 Å². The molecule has 0 saturated carbocycles. The summed E-state index contributed by atoms with van der Waals surface area (Å²) >= 11 is 13.3. The van der Waals surface area contributed by atoms with Crippen molar-refractivity contribution < 1.29 is 9.53 Å². The van der Waals surface area contributed by atoms with Crippen molar-refractivity contribution in [2.45, 2.75) is 13.0 Å². The topological polar surface area (TPSA) is 56.2 Å². The minimum atomic E-state index is -0.0987. The molecule has 154 valence electrons. The number of nitrogens with zero attached hydrogens (tertiary/aromatic N) is 2. The Morgan fingerprint density at radius 1 is 1.10 bits per heavy atom. The Bertz CT molecular complexity index is 1150. The highest BCUT2D eigenvalue weighted by atomic mass is 35.5. The number of carbonyl (C=O) groups is 1. The molecule has 0 aliphatic rings. The lowest BCUT2D eigenvalue weighted by Gasteiger charge is -2.05. The minimum Gasteiger partial charge on any atom is -0.492 e. The Labute approximate surface area is 188 Å². The number of nitrogens with one attached hydrogen (secondary N) is 1. The first-order valence-electron chi connectivity index (χ1n) is 9.45. The summed E-state index contributed by atoms with van der Waals surface area (Å²) in [7, 11) is 0. The van der Waals surface area contributed by atoms with Crippen molar-refractivity contribution in [2.75, 3.05) is 13.2 Å². The summed E-state index contributed by atoms with van der Waals surface area (Å²) in [4.78, 5) is 13.6. The first-order chi connectivity index (χ1) is 14.6. The fraction of sp³-hybridized carbons (Fsp3) is 0.182. The van der Waals surface area contributed by atoms with Crippen LogP contribution in [0.4, 0.5) is 0 Å². The van der Waals surface area contributed by atoms with Crippen molar-refractivity contribution in [3.8, 4) is 5.75 Å². The molecule has 1 N–H and O–H groups in total. The lowest BCUT2D eigenvalue weighted by atomic mass is 10.1. The maximum Gasteiger partial charge on any atom is 0.251 e. The van der Waals surface area contributed by atoms with Gasteiger partial charge in [-0.25, -0.2) is 0 Å². The largest absolute Gasteiger partial charge is 0.492 e. The predicted molar refractivity (Wildman–Crippen MR) is 122 cm³/mol. The highest BCUT2D eigenvalue weighted by Crippen LogP contribution is 2.21. The van der Waals surface area contributed by atoms with E-state index in [1.807, 2.05) is 47.3 Å². The minimum absolute atomic E-state index is 0.0987. The summed E-state index contributed by atoms with van der Waals surface area (Å²) in [6.45, 7) is 1.65. The van der Waals surface area contributed by atoms with Gasteiger partial charge in [-0.15, -0.1) is 11.3 Å². The monoisotopic (exact) mass is 459 g/mol. The highest BCUT2D eigenvalue weighted by molar-refractivity contribution is 7.16. The first-order valence-corrected chi connectivity index (χ1v) is 11.0. The molecule has 0 bridgehead atoms. The van der Waals surface area contributed by atoms with Crippen molar-refractivity contribution in [1.29, 1.82) is 0 Å². The second-order valence-electron chi connectivity index (χ2n) is 6.68. The van der Waals surface area contributed by atoms with Crippen LogP contribution in [0.3, 0.4) is 0 Å². The standard InChI is InChI=1S/C22H19Cl2N3O2S/c23-17-2-4-18(5-3-17)29-12-11-27-14-16-13-15(1-7-20(16)26-27)22(28)25-10-9-19-6-8-21(24)30-19/h1-8,13-14H,9-12H2,(H,25,28). The van der Waals surface area contributed by atoms with Crippen LogP contribution in [0.1, 0.15) is 15.2 Å². The molecule has 0 aliphatic heterocycles. The molecule has 0 atom stereocenters. The van der Waals surface area contributed by atoms with Gasteiger partial charge in [0.2, 0.25) is 0 Å². The molecule has 0 radical (unpaired) electrons. The lowest BCUT2D eigenvalue weighted by Crippen LogP contribution is -2.25. The molecule has 2 aromatic carbocycles. The molecule has 2 heterocycles. The number of hydrogen-bond donors (Lipinski definition) is 1. The predicted octanol–water partition coefficient (Wildman–Crippen LogP) is 5.46. The van der Waals surface area contributed by atoms with E-state index in [0.29, 0.717) is 30.3 Å². The van der Waals surface area contributed by atoms with Crippen molar-refractivity contribution in [3.63, 3.8) is 0 Å². The number of carbonyl (C=O) groups excluding carboxylic acids is 1. The van der Waals surface area contributed by atoms with Gasteiger partial charge < -0.3 is 10.1 Å². The summed E-state index contributed by atoms with van der Waals surface area (Å²) in [5.41, 5.74) is 1.45. The Hall–Kier alpha value is -2.54. The number of rotatable bonds is 8. The number of thiophene rings is 1. The highest BCUT2D eigenvalue weighted by Gasteiger charge is 2.09. The fourth-order valence-electron chi connectivity index (χ4n) is 3.01. The maximum atomic E-state index is 12.5. The van der Waals surface area contributed by atoms with Gasteiger partial charge in [-0.1, -0.05) is 23.2 Å². The fourth-order valence-corrected chi connectivity index (χ4v) is 4.22. The number of hydrogen-bond acceptors (Lipinski definition) is 4. The first kappa shape index (κ1) is 20.7. The van der Waals surface area contributed by atoms with E-state index in [4.69, 9.17) is 27.9 Å². The van der Waals surface area contributed by atoms with E-state index in [1.165, 1.54) is 11.3 Å². The summed E-state index contributed by atoms with van der Waals surface area (Å²) in [5.74, 6) is 0.665. The van der Waals surface area contributed by atoms with Crippen molar-refractivity contribution >= 4 is 51.3 Å². The Morgan fingerprint density at radius 3 is 2.70 bits per heavy atom. The summed E-state index contributed by atoms with van der Waals surface area (Å²) in [5, 5.41) is 9.08. The molecule has 2 aromatic heterocycles. The molecule has 4 aromatic rings. The normalized spacial score (nSPS) is 11.0. The zero-order valence-electron chi connectivity index (χ0n) is 16.0. The van der Waals surface area contributed by atoms with Gasteiger partial charge in [-0.05, 0) is 61.0 Å². The van der Waals surface area contributed by atoms with Crippen molar-refractivity contribution in [3.05, 3.63) is 80.6 Å². The van der Waals surface area contributed by atoms with Gasteiger partial charge in [0.25, 0.3) is 5.91 Å². The van der Waals surface area contributed by atoms with E-state index in [2.05, 4.69) is 10.4 Å². The van der Waals surface area contributed by atoms with Crippen LogP contribution in [0.25, 0.3) is 10.9 Å². The van der Waals surface area contributed by atoms with Crippen LogP contribution >= 0.6 is 34.5 Å². The summed E-state index contributed by atoms with van der Waals surface area (Å²) in [6, 6.07) is 16.6. The quantitative estimate of drug-likeness (QED) is 0.380. The van der Waals surface area contributed by atoms with Gasteiger partial charge in [0.15, 0.2) is 0 Å². The average molecular weight is 460 g/mol. The second-order valence-corrected chi connectivity index (χ2v) is 8.92. The van der Waals surface area contributed by atoms with Crippen LogP contribution in [-0.4, -0.2) is 28.8 Å². The number of fused-ring (bicyclic) bond motifs is 1. The third-order valence-corrected chi connectivity index (χ3v) is 6.05. The Morgan fingerprint density at radius 2 is 1.93 bits per heavy atom. The molecular weight excluding hydrogens is 441 g/mol. The smallest absolute Gasteiger partial charge is 0.251 e. The maximum absolute atomic E-state index is 12.5. The van der Waals surface area contributed by atoms with E-state index >= 15 is 0 Å². The molecule has 1 amide bonds. The Balaban J connectivity index is 1.32. The third kappa shape index (κ3) is 5.33. The molecule has 4 rings (SSSR count). The van der Waals surface area contributed by atoms with Gasteiger partial charge in [0.1, 0.15) is 12.4 Å². The molecule has 30 heavy (non-hydrogen) atoms. The van der Waals surface area contributed by atoms with E-state index in [1.54, 1.807) is 18.2 Å². The number of amides is 1. The van der Waals surface area contributed by atoms with Gasteiger partial charge in [-0.2, -0.15) is 5.10 Å². The molecule has 8 heteroatoms. The van der Waals surface area contributed by atoms with Gasteiger partial charge in [-0.3, -0.25) is 9.48 Å². The van der Waals surface area contributed by atoms with Crippen molar-refractivity contribution in [2.24, 2.45) is 0 Å². The zero-order chi connectivity index (χ0) is 20.9. The van der Waals surface area contributed by atoms with Crippen LogP contribution < -0.4 is 10.1 Å². The third-order valence-electron chi connectivity index (χ3n) is 4.50. The van der Waals surface area contributed by atoms with Crippen LogP contribution in [0.2, 0.25) is 9.36 Å². The molecule has 0 unspecified atom stereocenters. The molecule has 0 spiro atoms. The number of halogens is 2. The second kappa shape index (κ2) is 9.51. The van der Waals surface area contributed by atoms with E-state index in [9.17, 15) is 4.79 Å². The number of aromatic nitrogens is 2. The molecular formula is C22H19Cl2N3O2S. The summed E-state index contributed by atoms with van der Waals surface area (Å²) < 4.78 is 8.30. The van der Waals surface area contributed by atoms with Crippen LogP contribution in [0.15, 0.2) is 60.8 Å². The van der Waals surface area contributed by atoms with E-state index < -0.39 is 0 Å². The van der Waals surface area contributed by atoms with E-state index in [0.717, 1.165) is 32.3 Å². The molecule has 0 fully saturated rings. The Kier molecular flexibility index (Phi) is 6.57. The zero-order valence-corrected chi connectivity index (χ0v) is 18.3. The summed E-state index contributed by atoms with van der Waals surface area (Å²) in [6.07, 6.45) is 2.68. The SMILES string of the molecule is O=C(NCCc1ccc(Cl)s1)c1ccc2nn(CCOc3ccc(Cl)cc3)cc2c1. The van der Waals surface area contributed by atoms with E-state index in [-0.39, 0.29) is 5.91 Å². The number of benzene rings is 2. The number of ether oxygens (including phenoxy) is 1. The van der Waals surface area contributed by atoms with Crippen LogP contribution in [0.5, 0.6) is 5.75 Å². The lowest BCUT2D eigenvalue weighted by molar-refractivity contribution is 0.0954. The molecule has 0 aliphatic carbocycles. The average Bonchev–Trinajstić information content (AvgIpc) is 3.34. The molecule has 0 saturated heterocycles.